The van der Waals surface area contributed by atoms with Crippen LogP contribution in [0.3, 0.4) is 0 Å². The molecule has 3 N–H and O–H groups in total. The van der Waals surface area contributed by atoms with Gasteiger partial charge in [-0.3, -0.25) is 4.79 Å². The van der Waals surface area contributed by atoms with Gasteiger partial charge in [0, 0.05) is 0 Å². The van der Waals surface area contributed by atoms with E-state index in [4.69, 9.17) is 0 Å². The molecule has 4 nitrogen and oxygen atoms in total. The summed E-state index contributed by atoms with van der Waals surface area (Å²) in [6.07, 6.45) is 12.5. The highest BCUT2D eigenvalue weighted by Gasteiger charge is 2.59. The van der Waals surface area contributed by atoms with Crippen LogP contribution in [0.2, 0.25) is 0 Å². The molecule has 0 spiro atoms. The van der Waals surface area contributed by atoms with E-state index in [1.165, 1.54) is 32.1 Å². The van der Waals surface area contributed by atoms with Crippen molar-refractivity contribution in [2.24, 2.45) is 46.3 Å². The summed E-state index contributed by atoms with van der Waals surface area (Å²) < 4.78 is 0. The number of aliphatic hydroxyl groups is 2. The number of hydrogen-bond donors (Lipinski definition) is 3. The topological polar surface area (TPSA) is 77.8 Å². The van der Waals surface area contributed by atoms with Crippen molar-refractivity contribution < 1.29 is 20.1 Å². The van der Waals surface area contributed by atoms with Crippen molar-refractivity contribution in [3.8, 4) is 0 Å². The summed E-state index contributed by atoms with van der Waals surface area (Å²) >= 11 is 0. The monoisotopic (exact) mass is 432 g/mol. The fourth-order valence-electron chi connectivity index (χ4n) is 8.67. The maximum absolute atomic E-state index is 11.2. The summed E-state index contributed by atoms with van der Waals surface area (Å²) in [6.45, 7) is 8.99. The Labute approximate surface area is 188 Å². The number of rotatable bonds is 6. The molecule has 0 amide bonds. The first kappa shape index (κ1) is 23.3. The molecule has 0 aromatic heterocycles. The number of hydrogen-bond acceptors (Lipinski definition) is 3. The molecule has 0 aromatic carbocycles. The first-order valence-electron chi connectivity index (χ1n) is 12.9. The lowest BCUT2D eigenvalue weighted by Crippen LogP contribution is -2.50. The molecular formula is C27H44O4. The molecule has 3 saturated carbocycles. The van der Waals surface area contributed by atoms with Crippen LogP contribution in [0.5, 0.6) is 0 Å². The zero-order chi connectivity index (χ0) is 22.6. The van der Waals surface area contributed by atoms with Gasteiger partial charge in [-0.1, -0.05) is 32.4 Å². The van der Waals surface area contributed by atoms with E-state index in [2.05, 4.69) is 26.8 Å². The van der Waals surface area contributed by atoms with E-state index < -0.39 is 18.0 Å². The maximum atomic E-state index is 11.2. The van der Waals surface area contributed by atoms with E-state index in [-0.39, 0.29) is 6.10 Å². The Morgan fingerprint density at radius 3 is 2.55 bits per heavy atom. The van der Waals surface area contributed by atoms with Gasteiger partial charge in [0.2, 0.25) is 0 Å². The van der Waals surface area contributed by atoms with Gasteiger partial charge in [0.1, 0.15) is 0 Å². The zero-order valence-electron chi connectivity index (χ0n) is 20.0. The second kappa shape index (κ2) is 8.48. The highest BCUT2D eigenvalue weighted by Crippen LogP contribution is 2.67. The Balaban J connectivity index is 1.45. The molecule has 0 heterocycles. The molecule has 4 aliphatic carbocycles. The van der Waals surface area contributed by atoms with Gasteiger partial charge in [-0.05, 0) is 112 Å². The van der Waals surface area contributed by atoms with Crippen molar-refractivity contribution in [1.82, 2.24) is 0 Å². The third kappa shape index (κ3) is 3.90. The molecule has 0 saturated heterocycles. The molecule has 0 aromatic rings. The molecule has 4 aliphatic rings. The summed E-state index contributed by atoms with van der Waals surface area (Å²) in [4.78, 5) is 11.2. The van der Waals surface area contributed by atoms with Crippen molar-refractivity contribution in [3.05, 3.63) is 11.6 Å². The molecular weight excluding hydrogens is 388 g/mol. The molecule has 0 aliphatic heterocycles. The number of carboxylic acid groups (broad SMARTS) is 1. The van der Waals surface area contributed by atoms with Crippen LogP contribution in [-0.4, -0.2) is 33.5 Å². The van der Waals surface area contributed by atoms with Crippen LogP contribution in [0.4, 0.5) is 0 Å². The average Bonchev–Trinajstić information content (AvgIpc) is 3.09. The van der Waals surface area contributed by atoms with E-state index in [0.29, 0.717) is 29.1 Å². The highest BCUT2D eigenvalue weighted by molar-refractivity contribution is 5.70. The van der Waals surface area contributed by atoms with Crippen molar-refractivity contribution in [1.29, 1.82) is 0 Å². The van der Waals surface area contributed by atoms with Gasteiger partial charge in [0.25, 0.3) is 0 Å². The number of aliphatic hydroxyl groups excluding tert-OH is 2. The molecule has 0 bridgehead atoms. The standard InChI is InChI=1S/C27H44O4/c1-16(5-10-24(29)17(2)25(30)31)21-8-9-22-20-7-6-18-15-19(28)11-13-26(18,3)23(20)12-14-27(21,22)4/h6,16-17,19-24,28-29H,5,7-15H2,1-4H3,(H,30,31)/t16-,17-,19+,20?,21-,22?,23?,24+,26+,27-/m1/s1. The van der Waals surface area contributed by atoms with Gasteiger partial charge >= 0.3 is 5.97 Å². The maximum Gasteiger partial charge on any atom is 0.308 e. The number of allylic oxidation sites excluding steroid dienone is 1. The zero-order valence-corrected chi connectivity index (χ0v) is 20.0. The number of carbonyl (C=O) groups is 1. The third-order valence-electron chi connectivity index (χ3n) is 10.7. The van der Waals surface area contributed by atoms with Gasteiger partial charge in [-0.15, -0.1) is 0 Å². The van der Waals surface area contributed by atoms with E-state index in [0.717, 1.165) is 43.4 Å². The molecule has 4 rings (SSSR count). The Kier molecular flexibility index (Phi) is 6.37. The van der Waals surface area contributed by atoms with Gasteiger partial charge in [-0.25, -0.2) is 0 Å². The van der Waals surface area contributed by atoms with E-state index in [1.54, 1.807) is 12.5 Å². The van der Waals surface area contributed by atoms with Gasteiger partial charge in [0.05, 0.1) is 18.1 Å². The minimum Gasteiger partial charge on any atom is -0.481 e. The highest BCUT2D eigenvalue weighted by atomic mass is 16.4. The van der Waals surface area contributed by atoms with Crippen LogP contribution in [0.25, 0.3) is 0 Å². The Hall–Kier alpha value is -0.870. The van der Waals surface area contributed by atoms with Crippen LogP contribution in [0.15, 0.2) is 11.6 Å². The fraction of sp³-hybridized carbons (Fsp3) is 0.889. The first-order valence-corrected chi connectivity index (χ1v) is 12.9. The smallest absolute Gasteiger partial charge is 0.308 e. The molecule has 0 radical (unpaired) electrons. The predicted octanol–water partition coefficient (Wildman–Crippen LogP) is 5.42. The largest absolute Gasteiger partial charge is 0.481 e. The van der Waals surface area contributed by atoms with Crippen LogP contribution in [0, 0.1) is 46.3 Å². The quantitative estimate of drug-likeness (QED) is 0.490. The summed E-state index contributed by atoms with van der Waals surface area (Å²) in [7, 11) is 0. The van der Waals surface area contributed by atoms with E-state index in [9.17, 15) is 20.1 Å². The van der Waals surface area contributed by atoms with Crippen LogP contribution < -0.4 is 0 Å². The third-order valence-corrected chi connectivity index (χ3v) is 10.7. The molecule has 4 heteroatoms. The summed E-state index contributed by atoms with van der Waals surface area (Å²) in [5.41, 5.74) is 2.21. The average molecular weight is 433 g/mol. The predicted molar refractivity (Wildman–Crippen MR) is 122 cm³/mol. The number of carboxylic acids is 1. The van der Waals surface area contributed by atoms with Crippen LogP contribution in [0.1, 0.15) is 91.9 Å². The molecule has 10 atom stereocenters. The lowest BCUT2D eigenvalue weighted by Gasteiger charge is -2.58. The lowest BCUT2D eigenvalue weighted by molar-refractivity contribution is -0.145. The van der Waals surface area contributed by atoms with Crippen LogP contribution >= 0.6 is 0 Å². The summed E-state index contributed by atoms with van der Waals surface area (Å²) in [5, 5.41) is 29.7. The van der Waals surface area contributed by atoms with Crippen molar-refractivity contribution in [2.75, 3.05) is 0 Å². The van der Waals surface area contributed by atoms with Crippen molar-refractivity contribution >= 4 is 5.97 Å². The molecule has 31 heavy (non-hydrogen) atoms. The molecule has 176 valence electrons. The SMILES string of the molecule is C[C@H](CC[C@H](O)[C@@H](C)C(=O)O)[C@H]1CCC2C3CC=C4C[C@@H](O)CC[C@]4(C)C3CC[C@@]21C. The normalized spacial score (nSPS) is 45.0. The van der Waals surface area contributed by atoms with Crippen molar-refractivity contribution in [2.45, 2.75) is 104 Å². The minimum atomic E-state index is -0.903. The number of aliphatic carboxylic acids is 1. The Bertz CT molecular complexity index is 716. The lowest BCUT2D eigenvalue weighted by atomic mass is 9.47. The number of fused-ring (bicyclic) bond motifs is 5. The summed E-state index contributed by atoms with van der Waals surface area (Å²) in [5.74, 6) is 1.94. The second-order valence-electron chi connectivity index (χ2n) is 12.1. The van der Waals surface area contributed by atoms with Gasteiger partial charge in [0.15, 0.2) is 0 Å². The first-order chi connectivity index (χ1) is 14.6. The van der Waals surface area contributed by atoms with Crippen molar-refractivity contribution in [3.63, 3.8) is 0 Å². The van der Waals surface area contributed by atoms with Gasteiger partial charge in [-0.2, -0.15) is 0 Å². The van der Waals surface area contributed by atoms with E-state index in [1.807, 2.05) is 0 Å². The second-order valence-corrected chi connectivity index (χ2v) is 12.1. The summed E-state index contributed by atoms with van der Waals surface area (Å²) in [6, 6.07) is 0. The Morgan fingerprint density at radius 1 is 1.10 bits per heavy atom. The Morgan fingerprint density at radius 2 is 1.84 bits per heavy atom. The van der Waals surface area contributed by atoms with Crippen LogP contribution in [-0.2, 0) is 4.79 Å². The molecule has 3 fully saturated rings. The molecule has 3 unspecified atom stereocenters. The fourth-order valence-corrected chi connectivity index (χ4v) is 8.67. The van der Waals surface area contributed by atoms with E-state index >= 15 is 0 Å². The minimum absolute atomic E-state index is 0.138. The van der Waals surface area contributed by atoms with Gasteiger partial charge < -0.3 is 15.3 Å².